The topological polar surface area (TPSA) is 0 Å². The van der Waals surface area contributed by atoms with Gasteiger partial charge in [0, 0.05) is 5.02 Å². The lowest BCUT2D eigenvalue weighted by Gasteiger charge is -2.15. The highest BCUT2D eigenvalue weighted by Gasteiger charge is 2.10. The summed E-state index contributed by atoms with van der Waals surface area (Å²) in [5.74, 6) is 0. The molecule has 0 aliphatic heterocycles. The van der Waals surface area contributed by atoms with Crippen LogP contribution in [-0.4, -0.2) is 0 Å². The molecule has 1 aromatic carbocycles. The maximum absolute atomic E-state index is 6.01. The summed E-state index contributed by atoms with van der Waals surface area (Å²) in [6.45, 7) is 0. The minimum absolute atomic E-state index is 0.905. The van der Waals surface area contributed by atoms with Crippen molar-refractivity contribution in [1.82, 2.24) is 0 Å². The maximum Gasteiger partial charge on any atom is 0.0443 e. The molecule has 0 atom stereocenters. The van der Waals surface area contributed by atoms with Crippen LogP contribution in [0.2, 0.25) is 5.02 Å². The third kappa shape index (κ3) is 1.28. The van der Waals surface area contributed by atoms with Crippen molar-refractivity contribution in [2.45, 2.75) is 19.3 Å². The number of benzene rings is 1. The highest BCUT2D eigenvalue weighted by molar-refractivity contribution is 6.31. The van der Waals surface area contributed by atoms with Gasteiger partial charge in [0.1, 0.15) is 0 Å². The van der Waals surface area contributed by atoms with Gasteiger partial charge in [-0.15, -0.1) is 0 Å². The number of hydrogen-bond acceptors (Lipinski definition) is 0. The Bertz CT molecular complexity index is 266. The summed E-state index contributed by atoms with van der Waals surface area (Å²) in [7, 11) is 0. The summed E-state index contributed by atoms with van der Waals surface area (Å²) in [5, 5.41) is 0.905. The predicted molar refractivity (Wildman–Crippen MR) is 47.8 cm³/mol. The molecule has 1 radical (unpaired) electrons. The largest absolute Gasteiger partial charge is 0.0840 e. The summed E-state index contributed by atoms with van der Waals surface area (Å²) in [5.41, 5.74) is 2.67. The molecule has 0 bridgehead atoms. The van der Waals surface area contributed by atoms with Crippen LogP contribution in [0.15, 0.2) is 18.2 Å². The van der Waals surface area contributed by atoms with E-state index in [-0.39, 0.29) is 0 Å². The van der Waals surface area contributed by atoms with Gasteiger partial charge in [0.2, 0.25) is 0 Å². The van der Waals surface area contributed by atoms with Gasteiger partial charge in [0.25, 0.3) is 0 Å². The highest BCUT2D eigenvalue weighted by atomic mass is 35.5. The van der Waals surface area contributed by atoms with Gasteiger partial charge in [-0.05, 0) is 42.9 Å². The lowest BCUT2D eigenvalue weighted by Crippen LogP contribution is -2.00. The molecule has 0 N–H and O–H groups in total. The molecule has 0 fully saturated rings. The maximum atomic E-state index is 6.01. The second-order valence-electron chi connectivity index (χ2n) is 2.91. The smallest absolute Gasteiger partial charge is 0.0443 e. The molecule has 0 spiro atoms. The van der Waals surface area contributed by atoms with E-state index in [1.165, 1.54) is 30.4 Å². The summed E-state index contributed by atoms with van der Waals surface area (Å²) in [6, 6.07) is 6.15. The standard InChI is InChI=1S/C10H10Cl/c11-10-7-3-5-8-4-1-2-6-9(8)10/h3,5-7H,1-2,4H2. The van der Waals surface area contributed by atoms with Crippen molar-refractivity contribution in [1.29, 1.82) is 0 Å². The first-order valence-corrected chi connectivity index (χ1v) is 4.36. The first kappa shape index (κ1) is 7.17. The zero-order valence-electron chi connectivity index (χ0n) is 6.31. The summed E-state index contributed by atoms with van der Waals surface area (Å²) in [6.07, 6.45) is 5.87. The number of fused-ring (bicyclic) bond motifs is 1. The molecule has 2 rings (SSSR count). The Morgan fingerprint density at radius 1 is 1.27 bits per heavy atom. The minimum Gasteiger partial charge on any atom is -0.0840 e. The minimum atomic E-state index is 0.905. The molecule has 1 aliphatic rings. The SMILES string of the molecule is Clc1cccc2c1[CH]CCC2. The van der Waals surface area contributed by atoms with Gasteiger partial charge in [0.15, 0.2) is 0 Å². The summed E-state index contributed by atoms with van der Waals surface area (Å²) in [4.78, 5) is 0. The van der Waals surface area contributed by atoms with E-state index < -0.39 is 0 Å². The number of aryl methyl sites for hydroxylation is 1. The average Bonchev–Trinajstić information content (AvgIpc) is 2.06. The Morgan fingerprint density at radius 2 is 2.18 bits per heavy atom. The molecule has 0 saturated carbocycles. The summed E-state index contributed by atoms with van der Waals surface area (Å²) >= 11 is 6.01. The monoisotopic (exact) mass is 165 g/mol. The van der Waals surface area contributed by atoms with E-state index in [0.29, 0.717) is 0 Å². The molecule has 0 saturated heterocycles. The van der Waals surface area contributed by atoms with E-state index in [1.54, 1.807) is 0 Å². The van der Waals surface area contributed by atoms with Crippen LogP contribution in [0.5, 0.6) is 0 Å². The molecule has 1 aromatic rings. The van der Waals surface area contributed by atoms with Crippen molar-refractivity contribution in [3.8, 4) is 0 Å². The van der Waals surface area contributed by atoms with Gasteiger partial charge in [-0.3, -0.25) is 0 Å². The Hall–Kier alpha value is -0.490. The van der Waals surface area contributed by atoms with Crippen LogP contribution < -0.4 is 0 Å². The van der Waals surface area contributed by atoms with Crippen LogP contribution >= 0.6 is 11.6 Å². The zero-order valence-corrected chi connectivity index (χ0v) is 7.06. The number of hydrogen-bond donors (Lipinski definition) is 0. The van der Waals surface area contributed by atoms with Crippen molar-refractivity contribution >= 4 is 11.6 Å². The van der Waals surface area contributed by atoms with Gasteiger partial charge in [-0.25, -0.2) is 0 Å². The Labute approximate surface area is 72.2 Å². The predicted octanol–water partition coefficient (Wildman–Crippen LogP) is 3.23. The van der Waals surface area contributed by atoms with E-state index in [2.05, 4.69) is 12.5 Å². The first-order valence-electron chi connectivity index (χ1n) is 3.98. The molecule has 11 heavy (non-hydrogen) atoms. The Morgan fingerprint density at radius 3 is 3.00 bits per heavy atom. The quantitative estimate of drug-likeness (QED) is 0.554. The molecule has 0 unspecified atom stereocenters. The number of halogens is 1. The second kappa shape index (κ2) is 2.86. The Balaban J connectivity index is 2.49. The molecular weight excluding hydrogens is 156 g/mol. The van der Waals surface area contributed by atoms with Crippen LogP contribution in [0.4, 0.5) is 0 Å². The molecule has 0 heterocycles. The van der Waals surface area contributed by atoms with Crippen LogP contribution in [0.25, 0.3) is 0 Å². The molecule has 57 valence electrons. The fourth-order valence-corrected chi connectivity index (χ4v) is 1.84. The van der Waals surface area contributed by atoms with Crippen molar-refractivity contribution in [3.63, 3.8) is 0 Å². The lowest BCUT2D eigenvalue weighted by molar-refractivity contribution is 0.775. The van der Waals surface area contributed by atoms with Crippen molar-refractivity contribution in [2.75, 3.05) is 0 Å². The highest BCUT2D eigenvalue weighted by Crippen LogP contribution is 2.28. The van der Waals surface area contributed by atoms with Crippen LogP contribution in [0.1, 0.15) is 24.0 Å². The van der Waals surface area contributed by atoms with Crippen LogP contribution in [0, 0.1) is 6.42 Å². The molecule has 1 heteroatoms. The number of rotatable bonds is 0. The molecule has 0 nitrogen and oxygen atoms in total. The normalized spacial score (nSPS) is 16.1. The van der Waals surface area contributed by atoms with E-state index in [0.717, 1.165) is 5.02 Å². The van der Waals surface area contributed by atoms with Gasteiger partial charge in [-0.1, -0.05) is 23.7 Å². The fraction of sp³-hybridized carbons (Fsp3) is 0.300. The van der Waals surface area contributed by atoms with Crippen molar-refractivity contribution in [2.24, 2.45) is 0 Å². The fourth-order valence-electron chi connectivity index (χ4n) is 1.57. The van der Waals surface area contributed by atoms with Gasteiger partial charge < -0.3 is 0 Å². The molecule has 0 aromatic heterocycles. The molecule has 0 amide bonds. The van der Waals surface area contributed by atoms with Gasteiger partial charge in [0.05, 0.1) is 0 Å². The first-order chi connectivity index (χ1) is 5.38. The van der Waals surface area contributed by atoms with Crippen LogP contribution in [0.3, 0.4) is 0 Å². The molecular formula is C10H10Cl. The van der Waals surface area contributed by atoms with E-state index >= 15 is 0 Å². The second-order valence-corrected chi connectivity index (χ2v) is 3.32. The van der Waals surface area contributed by atoms with Crippen molar-refractivity contribution in [3.05, 3.63) is 40.8 Å². The average molecular weight is 166 g/mol. The summed E-state index contributed by atoms with van der Waals surface area (Å²) < 4.78 is 0. The third-order valence-corrected chi connectivity index (χ3v) is 2.47. The molecule has 1 aliphatic carbocycles. The Kier molecular flexibility index (Phi) is 1.87. The van der Waals surface area contributed by atoms with Gasteiger partial charge >= 0.3 is 0 Å². The van der Waals surface area contributed by atoms with E-state index in [4.69, 9.17) is 11.6 Å². The zero-order chi connectivity index (χ0) is 7.68. The van der Waals surface area contributed by atoms with E-state index in [9.17, 15) is 0 Å². The lowest BCUT2D eigenvalue weighted by atomic mass is 9.92. The third-order valence-electron chi connectivity index (χ3n) is 2.14. The van der Waals surface area contributed by atoms with Crippen LogP contribution in [-0.2, 0) is 6.42 Å². The van der Waals surface area contributed by atoms with Gasteiger partial charge in [-0.2, -0.15) is 0 Å². The van der Waals surface area contributed by atoms with Crippen molar-refractivity contribution < 1.29 is 0 Å². The van der Waals surface area contributed by atoms with E-state index in [1.807, 2.05) is 12.1 Å².